The zero-order chi connectivity index (χ0) is 28.4. The highest BCUT2D eigenvalue weighted by Crippen LogP contribution is 2.37. The first-order chi connectivity index (χ1) is 19.1. The number of piperidine rings is 1. The van der Waals surface area contributed by atoms with Crippen molar-refractivity contribution in [2.75, 3.05) is 18.8 Å². The molecule has 9 nitrogen and oxygen atoms in total. The molecule has 1 aromatic carbocycles. The van der Waals surface area contributed by atoms with Gasteiger partial charge < -0.3 is 15.4 Å². The van der Waals surface area contributed by atoms with E-state index < -0.39 is 28.6 Å². The van der Waals surface area contributed by atoms with Gasteiger partial charge in [0.15, 0.2) is 0 Å². The molecule has 3 aliphatic rings. The topological polar surface area (TPSA) is 120 Å². The first kappa shape index (κ1) is 28.7. The molecule has 1 amide bonds. The van der Waals surface area contributed by atoms with Gasteiger partial charge in [0.1, 0.15) is 11.4 Å². The van der Waals surface area contributed by atoms with Crippen molar-refractivity contribution in [1.82, 2.24) is 19.2 Å². The Balaban J connectivity index is 1.12. The number of aromatic hydroxyl groups is 1. The van der Waals surface area contributed by atoms with Crippen LogP contribution in [0.3, 0.4) is 0 Å². The van der Waals surface area contributed by atoms with Gasteiger partial charge in [0, 0.05) is 31.2 Å². The van der Waals surface area contributed by atoms with Crippen LogP contribution in [0.1, 0.15) is 62.5 Å². The van der Waals surface area contributed by atoms with Crippen LogP contribution in [0.25, 0.3) is 5.69 Å². The fourth-order valence-corrected chi connectivity index (χ4v) is 7.50. The summed E-state index contributed by atoms with van der Waals surface area (Å²) in [6.07, 6.45) is 4.65. The van der Waals surface area contributed by atoms with Crippen LogP contribution in [-0.2, 0) is 22.2 Å². The van der Waals surface area contributed by atoms with Crippen LogP contribution in [0.2, 0.25) is 0 Å². The summed E-state index contributed by atoms with van der Waals surface area (Å²) >= 11 is 0. The summed E-state index contributed by atoms with van der Waals surface area (Å²) < 4.78 is 41.3. The molecule has 2 fully saturated rings. The van der Waals surface area contributed by atoms with Crippen molar-refractivity contribution in [3.8, 4) is 11.6 Å². The molecule has 1 unspecified atom stereocenters. The number of carbonyl (C=O) groups excluding carboxylic acids is 1. The highest BCUT2D eigenvalue weighted by molar-refractivity contribution is 7.82. The van der Waals surface area contributed by atoms with E-state index in [2.05, 4.69) is 10.3 Å². The molecule has 218 valence electrons. The number of alkyl halides is 2. The maximum Gasteiger partial charge on any atom is 0.333 e. The number of benzene rings is 1. The van der Waals surface area contributed by atoms with Gasteiger partial charge in [-0.05, 0) is 87.5 Å². The standard InChI is InChI=1S/C28H37F2N5O4S/c1-18-16-22(35-24(36)17-31-27(35)38)8-7-20(18)10-15-40(39)34-13-11-28(12-14-34)26(37)32-25(33-28)21-5-2-19(3-6-21)4-9-23(29)30/h7-8,16-17,19,21,23,36H,2-6,9-15H2,1H3,(H,31,38)(H,32,33,37). The molecule has 1 saturated carbocycles. The van der Waals surface area contributed by atoms with E-state index in [1.807, 2.05) is 23.4 Å². The zero-order valence-electron chi connectivity index (χ0n) is 22.7. The van der Waals surface area contributed by atoms with Crippen LogP contribution >= 0.6 is 0 Å². The molecule has 1 aliphatic carbocycles. The average molecular weight is 578 g/mol. The maximum absolute atomic E-state index is 13.1. The first-order valence-corrected chi connectivity index (χ1v) is 15.3. The minimum absolute atomic E-state index is 0.0398. The molecule has 40 heavy (non-hydrogen) atoms. The van der Waals surface area contributed by atoms with Crippen LogP contribution < -0.4 is 11.0 Å². The lowest BCUT2D eigenvalue weighted by atomic mass is 9.79. The van der Waals surface area contributed by atoms with Crippen LogP contribution in [0.5, 0.6) is 5.88 Å². The van der Waals surface area contributed by atoms with Crippen molar-refractivity contribution in [3.05, 3.63) is 46.0 Å². The lowest BCUT2D eigenvalue weighted by molar-refractivity contribution is -0.124. The highest BCUT2D eigenvalue weighted by atomic mass is 32.2. The van der Waals surface area contributed by atoms with Crippen molar-refractivity contribution in [2.45, 2.75) is 76.7 Å². The summed E-state index contributed by atoms with van der Waals surface area (Å²) in [5.41, 5.74) is 1.30. The third kappa shape index (κ3) is 6.07. The number of hydrogen-bond acceptors (Lipinski definition) is 5. The van der Waals surface area contributed by atoms with Crippen molar-refractivity contribution >= 4 is 22.7 Å². The predicted octanol–water partition coefficient (Wildman–Crippen LogP) is 3.60. The number of nitrogens with one attached hydrogen (secondary N) is 2. The highest BCUT2D eigenvalue weighted by Gasteiger charge is 2.47. The molecule has 0 bridgehead atoms. The smallest absolute Gasteiger partial charge is 0.333 e. The Bertz CT molecular complexity index is 1340. The molecule has 2 aliphatic heterocycles. The number of amides is 1. The van der Waals surface area contributed by atoms with E-state index in [0.29, 0.717) is 56.1 Å². The lowest BCUT2D eigenvalue weighted by Crippen LogP contribution is -2.49. The fourth-order valence-electron chi connectivity index (χ4n) is 6.26. The number of nitrogens with zero attached hydrogens (tertiary/aromatic N) is 3. The van der Waals surface area contributed by atoms with E-state index in [4.69, 9.17) is 4.99 Å². The molecule has 1 spiro atoms. The lowest BCUT2D eigenvalue weighted by Gasteiger charge is -2.34. The number of aryl methyl sites for hydroxylation is 2. The van der Waals surface area contributed by atoms with E-state index in [1.165, 1.54) is 10.8 Å². The van der Waals surface area contributed by atoms with Crippen molar-refractivity contribution in [2.24, 2.45) is 16.8 Å². The summed E-state index contributed by atoms with van der Waals surface area (Å²) in [5.74, 6) is 1.46. The Labute approximate surface area is 234 Å². The summed E-state index contributed by atoms with van der Waals surface area (Å²) in [6, 6.07) is 5.47. The second-order valence-corrected chi connectivity index (χ2v) is 12.8. The molecule has 1 aromatic heterocycles. The van der Waals surface area contributed by atoms with Gasteiger partial charge in [0.05, 0.1) is 22.9 Å². The van der Waals surface area contributed by atoms with E-state index in [0.717, 1.165) is 42.6 Å². The molecular weight excluding hydrogens is 540 g/mol. The molecule has 3 N–H and O–H groups in total. The minimum atomic E-state index is -2.24. The number of H-pyrrole nitrogens is 1. The monoisotopic (exact) mass is 577 g/mol. The van der Waals surface area contributed by atoms with Crippen LogP contribution in [-0.4, -0.2) is 65.7 Å². The molecule has 2 aromatic rings. The third-order valence-electron chi connectivity index (χ3n) is 8.75. The van der Waals surface area contributed by atoms with Crippen LogP contribution in [0, 0.1) is 18.8 Å². The molecule has 12 heteroatoms. The molecule has 1 saturated heterocycles. The molecule has 3 heterocycles. The Morgan fingerprint density at radius 1 is 1.18 bits per heavy atom. The summed E-state index contributed by atoms with van der Waals surface area (Å²) in [7, 11) is -1.21. The third-order valence-corrected chi connectivity index (χ3v) is 10.2. The number of aromatic amines is 1. The van der Waals surface area contributed by atoms with Crippen molar-refractivity contribution in [1.29, 1.82) is 0 Å². The Morgan fingerprint density at radius 2 is 1.90 bits per heavy atom. The van der Waals surface area contributed by atoms with E-state index in [1.54, 1.807) is 6.07 Å². The number of imidazole rings is 1. The largest absolute Gasteiger partial charge is 0.493 e. The average Bonchev–Trinajstić information content (AvgIpc) is 3.44. The quantitative estimate of drug-likeness (QED) is 0.422. The Hall–Kier alpha value is -2.86. The normalized spacial score (nSPS) is 23.9. The molecule has 5 rings (SSSR count). The summed E-state index contributed by atoms with van der Waals surface area (Å²) in [6.45, 7) is 2.96. The molecular formula is C28H37F2N5O4S. The zero-order valence-corrected chi connectivity index (χ0v) is 23.5. The van der Waals surface area contributed by atoms with Gasteiger partial charge in [-0.2, -0.15) is 0 Å². The van der Waals surface area contributed by atoms with Gasteiger partial charge in [-0.3, -0.25) is 9.79 Å². The first-order valence-electron chi connectivity index (χ1n) is 14.1. The summed E-state index contributed by atoms with van der Waals surface area (Å²) in [4.78, 5) is 32.3. The minimum Gasteiger partial charge on any atom is -0.493 e. The summed E-state index contributed by atoms with van der Waals surface area (Å²) in [5, 5.41) is 12.9. The second kappa shape index (κ2) is 11.9. The Kier molecular flexibility index (Phi) is 8.55. The predicted molar refractivity (Wildman–Crippen MR) is 149 cm³/mol. The van der Waals surface area contributed by atoms with E-state index >= 15 is 0 Å². The van der Waals surface area contributed by atoms with Crippen molar-refractivity contribution in [3.63, 3.8) is 0 Å². The van der Waals surface area contributed by atoms with Gasteiger partial charge in [0.2, 0.25) is 12.3 Å². The van der Waals surface area contributed by atoms with E-state index in [-0.39, 0.29) is 24.1 Å². The van der Waals surface area contributed by atoms with Crippen LogP contribution in [0.4, 0.5) is 8.78 Å². The van der Waals surface area contributed by atoms with Crippen LogP contribution in [0.15, 0.2) is 34.2 Å². The fraction of sp³-hybridized carbons (Fsp3) is 0.607. The Morgan fingerprint density at radius 3 is 2.52 bits per heavy atom. The molecule has 0 radical (unpaired) electrons. The van der Waals surface area contributed by atoms with Gasteiger partial charge in [-0.15, -0.1) is 0 Å². The number of carbonyl (C=O) groups is 1. The van der Waals surface area contributed by atoms with Crippen molar-refractivity contribution < 1.29 is 22.9 Å². The van der Waals surface area contributed by atoms with Gasteiger partial charge >= 0.3 is 5.69 Å². The SMILES string of the molecule is Cc1cc(-n2c(O)c[nH]c2=O)ccc1CCS(=O)N1CCC2(CC1)N=C(C1CCC(CCC(F)F)CC1)NC2=O. The number of halogens is 2. The number of aromatic nitrogens is 2. The van der Waals surface area contributed by atoms with E-state index in [9.17, 15) is 27.7 Å². The number of rotatable bonds is 9. The van der Waals surface area contributed by atoms with Gasteiger partial charge in [-0.25, -0.2) is 26.7 Å². The number of amidine groups is 1. The number of hydrogen-bond donors (Lipinski definition) is 3. The second-order valence-electron chi connectivity index (χ2n) is 11.3. The van der Waals surface area contributed by atoms with Gasteiger partial charge in [0.25, 0.3) is 5.91 Å². The van der Waals surface area contributed by atoms with Gasteiger partial charge in [-0.1, -0.05) is 6.07 Å². The number of aliphatic imine (C=N–C) groups is 1. The molecule has 1 atom stereocenters. The maximum atomic E-state index is 13.1.